The van der Waals surface area contributed by atoms with Crippen LogP contribution in [-0.4, -0.2) is 40.0 Å². The number of nitrogens with two attached hydrogens (primary N) is 1. The molecule has 1 aromatic rings. The highest BCUT2D eigenvalue weighted by molar-refractivity contribution is 7.89. The van der Waals surface area contributed by atoms with E-state index in [0.717, 1.165) is 11.1 Å². The first-order valence-electron chi connectivity index (χ1n) is 6.60. The Labute approximate surface area is 122 Å². The highest BCUT2D eigenvalue weighted by Gasteiger charge is 2.22. The lowest BCUT2D eigenvalue weighted by Crippen LogP contribution is -2.38. The van der Waals surface area contributed by atoms with Crippen molar-refractivity contribution >= 4 is 15.7 Å². The van der Waals surface area contributed by atoms with Crippen LogP contribution in [0.1, 0.15) is 23.6 Å². The van der Waals surface area contributed by atoms with Gasteiger partial charge in [-0.05, 0) is 64.5 Å². The molecule has 1 rings (SSSR count). The molecule has 0 heterocycles. The van der Waals surface area contributed by atoms with E-state index >= 15 is 0 Å². The lowest BCUT2D eigenvalue weighted by molar-refractivity contribution is 0.314. The number of sulfonamides is 1. The van der Waals surface area contributed by atoms with Crippen molar-refractivity contribution in [3.8, 4) is 0 Å². The molecule has 20 heavy (non-hydrogen) atoms. The van der Waals surface area contributed by atoms with E-state index in [1.807, 2.05) is 45.8 Å². The monoisotopic (exact) mass is 299 g/mol. The second-order valence-corrected chi connectivity index (χ2v) is 7.23. The Hall–Kier alpha value is -1.11. The molecule has 0 amide bonds. The standard InChI is InChI=1S/C14H25N3O2S/c1-9-7-13(15)12(4)14(11(9)3)20(18,19)16-8-10(2)17(5)6/h7,10,16H,8,15H2,1-6H3. The maximum atomic E-state index is 12.5. The molecule has 1 atom stereocenters. The van der Waals surface area contributed by atoms with Crippen LogP contribution in [0.15, 0.2) is 11.0 Å². The number of benzene rings is 1. The van der Waals surface area contributed by atoms with Crippen LogP contribution >= 0.6 is 0 Å². The number of nitrogens with one attached hydrogen (secondary N) is 1. The van der Waals surface area contributed by atoms with Crippen molar-refractivity contribution in [2.75, 3.05) is 26.4 Å². The minimum absolute atomic E-state index is 0.118. The van der Waals surface area contributed by atoms with Gasteiger partial charge < -0.3 is 10.6 Å². The number of aryl methyl sites for hydroxylation is 1. The fourth-order valence-corrected chi connectivity index (χ4v) is 3.62. The van der Waals surface area contributed by atoms with Gasteiger partial charge in [-0.1, -0.05) is 0 Å². The van der Waals surface area contributed by atoms with Gasteiger partial charge in [0.1, 0.15) is 0 Å². The van der Waals surface area contributed by atoms with E-state index in [2.05, 4.69) is 4.72 Å². The molecule has 0 aliphatic heterocycles. The van der Waals surface area contributed by atoms with Gasteiger partial charge in [0.05, 0.1) is 4.90 Å². The number of anilines is 1. The molecule has 0 bridgehead atoms. The minimum Gasteiger partial charge on any atom is -0.398 e. The highest BCUT2D eigenvalue weighted by Crippen LogP contribution is 2.27. The van der Waals surface area contributed by atoms with E-state index in [9.17, 15) is 8.42 Å². The average Bonchev–Trinajstić information content (AvgIpc) is 2.33. The van der Waals surface area contributed by atoms with Gasteiger partial charge in [0, 0.05) is 18.3 Å². The molecule has 114 valence electrons. The summed E-state index contributed by atoms with van der Waals surface area (Å²) in [5.41, 5.74) is 8.64. The van der Waals surface area contributed by atoms with E-state index in [4.69, 9.17) is 5.73 Å². The summed E-state index contributed by atoms with van der Waals surface area (Å²) in [4.78, 5) is 2.27. The molecule has 5 nitrogen and oxygen atoms in total. The van der Waals surface area contributed by atoms with E-state index in [1.165, 1.54) is 0 Å². The zero-order valence-electron chi connectivity index (χ0n) is 13.1. The maximum Gasteiger partial charge on any atom is 0.241 e. The van der Waals surface area contributed by atoms with Crippen LogP contribution in [-0.2, 0) is 10.0 Å². The first-order valence-corrected chi connectivity index (χ1v) is 8.08. The van der Waals surface area contributed by atoms with Crippen molar-refractivity contribution in [3.63, 3.8) is 0 Å². The van der Waals surface area contributed by atoms with Gasteiger partial charge in [-0.15, -0.1) is 0 Å². The molecule has 3 N–H and O–H groups in total. The van der Waals surface area contributed by atoms with E-state index < -0.39 is 10.0 Å². The van der Waals surface area contributed by atoms with Gasteiger partial charge in [0.15, 0.2) is 0 Å². The van der Waals surface area contributed by atoms with Crippen molar-refractivity contribution in [2.45, 2.75) is 38.6 Å². The van der Waals surface area contributed by atoms with Crippen LogP contribution in [0.2, 0.25) is 0 Å². The summed E-state index contributed by atoms with van der Waals surface area (Å²) in [6.45, 7) is 7.75. The fraction of sp³-hybridized carbons (Fsp3) is 0.571. The summed E-state index contributed by atoms with van der Waals surface area (Å²) >= 11 is 0. The number of hydrogen-bond acceptors (Lipinski definition) is 4. The third-order valence-electron chi connectivity index (χ3n) is 3.80. The quantitative estimate of drug-likeness (QED) is 0.806. The third kappa shape index (κ3) is 3.50. The summed E-state index contributed by atoms with van der Waals surface area (Å²) in [7, 11) is 0.282. The Kier molecular flexibility index (Phi) is 5.18. The zero-order chi connectivity index (χ0) is 15.7. The number of likely N-dealkylation sites (N-methyl/N-ethyl adjacent to an activating group) is 1. The molecular weight excluding hydrogens is 274 g/mol. The second kappa shape index (κ2) is 6.11. The van der Waals surface area contributed by atoms with E-state index in [-0.39, 0.29) is 6.04 Å². The maximum absolute atomic E-state index is 12.5. The Bertz CT molecular complexity index is 569. The van der Waals surface area contributed by atoms with Crippen molar-refractivity contribution in [1.29, 1.82) is 0 Å². The van der Waals surface area contributed by atoms with Crippen molar-refractivity contribution in [3.05, 3.63) is 22.8 Å². The van der Waals surface area contributed by atoms with Gasteiger partial charge in [0.25, 0.3) is 0 Å². The zero-order valence-corrected chi connectivity index (χ0v) is 13.9. The van der Waals surface area contributed by atoms with Gasteiger partial charge >= 0.3 is 0 Å². The Morgan fingerprint density at radius 3 is 2.30 bits per heavy atom. The van der Waals surface area contributed by atoms with E-state index in [0.29, 0.717) is 22.7 Å². The Morgan fingerprint density at radius 1 is 1.25 bits per heavy atom. The molecule has 0 spiro atoms. The third-order valence-corrected chi connectivity index (χ3v) is 5.49. The average molecular weight is 299 g/mol. The molecule has 0 fully saturated rings. The molecule has 1 unspecified atom stereocenters. The number of rotatable bonds is 5. The van der Waals surface area contributed by atoms with Crippen LogP contribution < -0.4 is 10.5 Å². The van der Waals surface area contributed by atoms with Crippen molar-refractivity contribution in [2.24, 2.45) is 0 Å². The summed E-state index contributed by atoms with van der Waals surface area (Å²) in [5, 5.41) is 0. The Balaban J connectivity index is 3.17. The summed E-state index contributed by atoms with van der Waals surface area (Å²) in [5.74, 6) is 0. The second-order valence-electron chi connectivity index (χ2n) is 5.53. The topological polar surface area (TPSA) is 75.4 Å². The fourth-order valence-electron chi connectivity index (χ4n) is 1.93. The molecule has 0 radical (unpaired) electrons. The predicted octanol–water partition coefficient (Wildman–Crippen LogP) is 1.42. The largest absolute Gasteiger partial charge is 0.398 e. The normalized spacial score (nSPS) is 13.8. The molecule has 0 aliphatic rings. The first kappa shape index (κ1) is 16.9. The lowest BCUT2D eigenvalue weighted by Gasteiger charge is -2.21. The van der Waals surface area contributed by atoms with Gasteiger partial charge in [-0.2, -0.15) is 0 Å². The van der Waals surface area contributed by atoms with Crippen LogP contribution in [0.5, 0.6) is 0 Å². The Morgan fingerprint density at radius 2 is 1.80 bits per heavy atom. The SMILES string of the molecule is Cc1cc(N)c(C)c(S(=O)(=O)NCC(C)N(C)C)c1C. The summed E-state index contributed by atoms with van der Waals surface area (Å²) in [6.07, 6.45) is 0. The number of nitrogen functional groups attached to an aromatic ring is 1. The lowest BCUT2D eigenvalue weighted by atomic mass is 10.1. The van der Waals surface area contributed by atoms with Gasteiger partial charge in [-0.25, -0.2) is 13.1 Å². The number of hydrogen-bond donors (Lipinski definition) is 2. The van der Waals surface area contributed by atoms with Crippen LogP contribution in [0.3, 0.4) is 0 Å². The van der Waals surface area contributed by atoms with Crippen LogP contribution in [0, 0.1) is 20.8 Å². The van der Waals surface area contributed by atoms with Crippen LogP contribution in [0.25, 0.3) is 0 Å². The first-order chi connectivity index (χ1) is 9.08. The van der Waals surface area contributed by atoms with Gasteiger partial charge in [-0.3, -0.25) is 0 Å². The van der Waals surface area contributed by atoms with Crippen molar-refractivity contribution in [1.82, 2.24) is 9.62 Å². The smallest absolute Gasteiger partial charge is 0.241 e. The molecule has 0 aliphatic carbocycles. The molecular formula is C14H25N3O2S. The van der Waals surface area contributed by atoms with Crippen LogP contribution in [0.4, 0.5) is 5.69 Å². The van der Waals surface area contributed by atoms with E-state index in [1.54, 1.807) is 6.92 Å². The van der Waals surface area contributed by atoms with Crippen molar-refractivity contribution < 1.29 is 8.42 Å². The molecule has 0 saturated heterocycles. The minimum atomic E-state index is -3.55. The highest BCUT2D eigenvalue weighted by atomic mass is 32.2. The van der Waals surface area contributed by atoms with Gasteiger partial charge in [0.2, 0.25) is 10.0 Å². The molecule has 0 saturated carbocycles. The summed E-state index contributed by atoms with van der Waals surface area (Å²) < 4.78 is 27.7. The predicted molar refractivity (Wildman–Crippen MR) is 83.4 cm³/mol. The number of nitrogens with zero attached hydrogens (tertiary/aromatic N) is 1. The molecule has 1 aromatic carbocycles. The summed E-state index contributed by atoms with van der Waals surface area (Å²) in [6, 6.07) is 1.93. The molecule has 0 aromatic heterocycles. The molecule has 6 heteroatoms.